The van der Waals surface area contributed by atoms with Crippen molar-refractivity contribution in [1.29, 1.82) is 0 Å². The predicted molar refractivity (Wildman–Crippen MR) is 171 cm³/mol. The molecule has 1 aromatic carbocycles. The number of hydrogen-bond donors (Lipinski definition) is 2. The molecule has 3 aliphatic rings. The molecule has 0 saturated carbocycles. The number of rotatable bonds is 8. The van der Waals surface area contributed by atoms with Crippen LogP contribution in [0.4, 0.5) is 28.0 Å². The molecular formula is C34H46F4N4O6. The van der Waals surface area contributed by atoms with Gasteiger partial charge >= 0.3 is 12.1 Å². The molecule has 5 rings (SSSR count). The number of nitrogens with zero attached hydrogens (tertiary/aromatic N) is 3. The van der Waals surface area contributed by atoms with Crippen molar-refractivity contribution < 1.29 is 46.5 Å². The number of carboxylic acid groups (broad SMARTS) is 1. The summed E-state index contributed by atoms with van der Waals surface area (Å²) in [5, 5.41) is 13.0. The Labute approximate surface area is 278 Å². The molecule has 3 aliphatic heterocycles. The average Bonchev–Trinajstić information content (AvgIpc) is 3.70. The first-order valence-electron chi connectivity index (χ1n) is 16.1. The van der Waals surface area contributed by atoms with Crippen LogP contribution in [0.5, 0.6) is 5.88 Å². The predicted octanol–water partition coefficient (Wildman–Crippen LogP) is 6.15. The minimum atomic E-state index is -2.77. The molecule has 4 heterocycles. The topological polar surface area (TPSA) is 113 Å². The van der Waals surface area contributed by atoms with Gasteiger partial charge in [-0.1, -0.05) is 51.1 Å². The Bertz CT molecular complexity index is 1400. The van der Waals surface area contributed by atoms with Crippen molar-refractivity contribution in [2.45, 2.75) is 90.2 Å². The largest absolute Gasteiger partial charge is 0.481 e. The summed E-state index contributed by atoms with van der Waals surface area (Å²) in [5.41, 5.74) is 1.15. The number of aromatic nitrogens is 1. The number of carboxylic acids is 1. The van der Waals surface area contributed by atoms with E-state index in [-0.39, 0.29) is 38.4 Å². The summed E-state index contributed by atoms with van der Waals surface area (Å²) in [4.78, 5) is 33.5. The lowest BCUT2D eigenvalue weighted by Gasteiger charge is -2.34. The number of ether oxygens (including phenoxy) is 3. The number of carbonyl (C=O) groups excluding carboxylic acids is 1. The molecule has 2 aromatic rings. The van der Waals surface area contributed by atoms with Gasteiger partial charge in [0.1, 0.15) is 6.04 Å². The molecule has 48 heavy (non-hydrogen) atoms. The minimum absolute atomic E-state index is 0.00694. The van der Waals surface area contributed by atoms with Gasteiger partial charge in [0, 0.05) is 37.4 Å². The zero-order chi connectivity index (χ0) is 35.4. The SMILES string of the molecule is COc1ncc(N2CCC(F)(F)C2)cc1CO[C@H]1[C@H](C(C)(C)C)[C@@H](C(=O)O)N(C(=O)OC(C)C)[C@H]1c1ccccc1.FC1(F)CCNC1. The number of halogens is 4. The lowest BCUT2D eigenvalue weighted by Crippen LogP contribution is -2.47. The summed E-state index contributed by atoms with van der Waals surface area (Å²) in [6.07, 6.45) is -0.697. The number of pyridine rings is 1. The second-order valence-corrected chi connectivity index (χ2v) is 13.8. The summed E-state index contributed by atoms with van der Waals surface area (Å²) in [7, 11) is 1.46. The van der Waals surface area contributed by atoms with Gasteiger partial charge in [0.2, 0.25) is 5.88 Å². The lowest BCUT2D eigenvalue weighted by molar-refractivity contribution is -0.145. The Balaban J connectivity index is 0.000000659. The van der Waals surface area contributed by atoms with Crippen LogP contribution < -0.4 is 15.0 Å². The molecule has 0 radical (unpaired) electrons. The van der Waals surface area contributed by atoms with Gasteiger partial charge in [-0.15, -0.1) is 0 Å². The highest BCUT2D eigenvalue weighted by molar-refractivity contribution is 5.82. The van der Waals surface area contributed by atoms with E-state index in [0.717, 1.165) is 0 Å². The first kappa shape index (κ1) is 37.2. The highest BCUT2D eigenvalue weighted by atomic mass is 19.3. The number of aliphatic carboxylic acids is 1. The average molecular weight is 683 g/mol. The quantitative estimate of drug-likeness (QED) is 0.317. The normalized spacial score (nSPS) is 24.7. The van der Waals surface area contributed by atoms with Crippen LogP contribution in [0.1, 0.15) is 64.6 Å². The summed E-state index contributed by atoms with van der Waals surface area (Å²) < 4.78 is 69.2. The van der Waals surface area contributed by atoms with Gasteiger partial charge in [-0.25, -0.2) is 32.1 Å². The maximum absolute atomic E-state index is 13.9. The van der Waals surface area contributed by atoms with E-state index in [1.165, 1.54) is 18.2 Å². The third-order valence-electron chi connectivity index (χ3n) is 8.67. The second-order valence-electron chi connectivity index (χ2n) is 13.8. The summed E-state index contributed by atoms with van der Waals surface area (Å²) >= 11 is 0. The van der Waals surface area contributed by atoms with Gasteiger partial charge in [0.25, 0.3) is 11.8 Å². The van der Waals surface area contributed by atoms with E-state index in [1.807, 2.05) is 51.1 Å². The van der Waals surface area contributed by atoms with E-state index >= 15 is 0 Å². The number of nitrogens with one attached hydrogen (secondary N) is 1. The number of anilines is 1. The molecule has 1 amide bonds. The van der Waals surface area contributed by atoms with Crippen LogP contribution in [0.2, 0.25) is 0 Å². The smallest absolute Gasteiger partial charge is 0.411 e. The monoisotopic (exact) mass is 682 g/mol. The zero-order valence-corrected chi connectivity index (χ0v) is 28.2. The number of benzene rings is 1. The van der Waals surface area contributed by atoms with Crippen LogP contribution >= 0.6 is 0 Å². The standard InChI is InChI=1S/C30H39F2N3O6.C4H7F2N/c1-18(2)41-28(38)35-23(19-10-8-7-9-11-19)25(22(29(3,4)5)24(35)27(36)37)40-16-20-14-21(15-33-26(20)39-6)34-13-12-30(31,32)17-34;5-4(6)1-2-7-3-4/h7-11,14-15,18,22-25H,12-13,16-17H2,1-6H3,(H,36,37);7H,1-3H2/t22-,23+,24+,25+;/m1./s1. The highest BCUT2D eigenvalue weighted by Gasteiger charge is 2.59. The molecule has 3 saturated heterocycles. The van der Waals surface area contributed by atoms with E-state index in [2.05, 4.69) is 10.3 Å². The minimum Gasteiger partial charge on any atom is -0.481 e. The van der Waals surface area contributed by atoms with Gasteiger partial charge < -0.3 is 29.5 Å². The van der Waals surface area contributed by atoms with Crippen molar-refractivity contribution in [3.8, 4) is 5.88 Å². The van der Waals surface area contributed by atoms with Crippen LogP contribution in [0.25, 0.3) is 0 Å². The third-order valence-corrected chi connectivity index (χ3v) is 8.67. The van der Waals surface area contributed by atoms with Gasteiger partial charge in [-0.05, 0) is 30.9 Å². The molecule has 3 fully saturated rings. The highest BCUT2D eigenvalue weighted by Crippen LogP contribution is 2.50. The molecule has 14 heteroatoms. The van der Waals surface area contributed by atoms with Gasteiger partial charge in [-0.2, -0.15) is 0 Å². The van der Waals surface area contributed by atoms with Gasteiger partial charge in [-0.3, -0.25) is 4.90 Å². The zero-order valence-electron chi connectivity index (χ0n) is 28.2. The van der Waals surface area contributed by atoms with Crippen LogP contribution in [0, 0.1) is 11.3 Å². The fraction of sp³-hybridized carbons (Fsp3) is 0.618. The maximum Gasteiger partial charge on any atom is 0.411 e. The van der Waals surface area contributed by atoms with Crippen molar-refractivity contribution in [3.63, 3.8) is 0 Å². The van der Waals surface area contributed by atoms with Crippen LogP contribution in [-0.2, 0) is 20.9 Å². The maximum atomic E-state index is 13.9. The molecule has 0 aliphatic carbocycles. The van der Waals surface area contributed by atoms with Gasteiger partial charge in [0.05, 0.1) is 56.9 Å². The Hall–Kier alpha value is -3.65. The molecule has 0 unspecified atom stereocenters. The summed E-state index contributed by atoms with van der Waals surface area (Å²) in [6, 6.07) is 8.85. The van der Waals surface area contributed by atoms with Crippen LogP contribution in [0.3, 0.4) is 0 Å². The lowest BCUT2D eigenvalue weighted by atomic mass is 9.73. The van der Waals surface area contributed by atoms with E-state index in [9.17, 15) is 32.3 Å². The molecule has 2 N–H and O–H groups in total. The Morgan fingerprint density at radius 2 is 1.79 bits per heavy atom. The van der Waals surface area contributed by atoms with Crippen molar-refractivity contribution in [1.82, 2.24) is 15.2 Å². The molecule has 0 spiro atoms. The molecule has 266 valence electrons. The summed E-state index contributed by atoms with van der Waals surface area (Å²) in [6.45, 7) is 9.24. The number of carbonyl (C=O) groups is 2. The van der Waals surface area contributed by atoms with Crippen molar-refractivity contribution in [2.75, 3.05) is 38.2 Å². The Morgan fingerprint density at radius 3 is 2.27 bits per heavy atom. The van der Waals surface area contributed by atoms with Crippen molar-refractivity contribution in [2.24, 2.45) is 11.3 Å². The van der Waals surface area contributed by atoms with Crippen molar-refractivity contribution >= 4 is 17.7 Å². The first-order valence-corrected chi connectivity index (χ1v) is 16.1. The number of methoxy groups -OCH3 is 1. The number of amides is 1. The fourth-order valence-electron chi connectivity index (χ4n) is 6.52. The van der Waals surface area contributed by atoms with Crippen molar-refractivity contribution in [3.05, 3.63) is 53.7 Å². The van der Waals surface area contributed by atoms with Gasteiger partial charge in [0.15, 0.2) is 0 Å². The van der Waals surface area contributed by atoms with Crippen LogP contribution in [0.15, 0.2) is 42.6 Å². The summed E-state index contributed by atoms with van der Waals surface area (Å²) in [5.74, 6) is -6.71. The van der Waals surface area contributed by atoms with E-state index in [1.54, 1.807) is 24.8 Å². The van der Waals surface area contributed by atoms with E-state index in [0.29, 0.717) is 23.4 Å². The number of likely N-dealkylation sites (tertiary alicyclic amines) is 1. The fourth-order valence-corrected chi connectivity index (χ4v) is 6.52. The second kappa shape index (κ2) is 14.9. The number of alkyl halides is 4. The molecule has 10 nitrogen and oxygen atoms in total. The third kappa shape index (κ3) is 8.87. The number of hydrogen-bond acceptors (Lipinski definition) is 8. The molecule has 1 aromatic heterocycles. The van der Waals surface area contributed by atoms with Crippen LogP contribution in [-0.4, -0.2) is 90.4 Å². The van der Waals surface area contributed by atoms with E-state index in [4.69, 9.17) is 14.2 Å². The molecular weight excluding hydrogens is 636 g/mol. The van der Waals surface area contributed by atoms with E-state index < -0.39 is 66.1 Å². The first-order chi connectivity index (χ1) is 22.4. The Kier molecular flexibility index (Phi) is 11.5. The Morgan fingerprint density at radius 1 is 1.10 bits per heavy atom. The molecule has 4 atom stereocenters. The molecule has 0 bridgehead atoms.